The Labute approximate surface area is 164 Å². The Morgan fingerprint density at radius 3 is 2.75 bits per heavy atom. The zero-order valence-electron chi connectivity index (χ0n) is 15.0. The Bertz CT molecular complexity index is 1120. The molecular formula is C21H16FNO4S. The summed E-state index contributed by atoms with van der Waals surface area (Å²) < 4.78 is 31.1. The highest BCUT2D eigenvalue weighted by atomic mass is 32.1. The molecule has 2 aromatic heterocycles. The third kappa shape index (κ3) is 3.54. The topological polar surface area (TPSA) is 61.6 Å². The van der Waals surface area contributed by atoms with Crippen LogP contribution >= 0.6 is 11.3 Å². The number of thiophene rings is 1. The summed E-state index contributed by atoms with van der Waals surface area (Å²) in [6, 6.07) is 14.2. The number of halogens is 1. The lowest BCUT2D eigenvalue weighted by Crippen LogP contribution is -2.06. The van der Waals surface area contributed by atoms with E-state index in [0.29, 0.717) is 26.3 Å². The summed E-state index contributed by atoms with van der Waals surface area (Å²) in [6.45, 7) is -0.00264. The molecule has 0 unspecified atom stereocenters. The first-order chi connectivity index (χ1) is 13.7. The summed E-state index contributed by atoms with van der Waals surface area (Å²) in [5.74, 6) is -0.0735. The van der Waals surface area contributed by atoms with Crippen molar-refractivity contribution < 1.29 is 23.1 Å². The van der Waals surface area contributed by atoms with Gasteiger partial charge in [-0.25, -0.2) is 14.2 Å². The van der Waals surface area contributed by atoms with Crippen LogP contribution in [0.5, 0.6) is 0 Å². The number of fused-ring (bicyclic) bond motifs is 1. The highest BCUT2D eigenvalue weighted by Crippen LogP contribution is 2.34. The number of carbonyl (C=O) groups excluding carboxylic acids is 1. The van der Waals surface area contributed by atoms with Crippen molar-refractivity contribution in [1.82, 2.24) is 4.98 Å². The van der Waals surface area contributed by atoms with E-state index in [9.17, 15) is 9.18 Å². The van der Waals surface area contributed by atoms with Crippen molar-refractivity contribution in [2.24, 2.45) is 0 Å². The van der Waals surface area contributed by atoms with Gasteiger partial charge < -0.3 is 13.9 Å². The van der Waals surface area contributed by atoms with Gasteiger partial charge in [-0.3, -0.25) is 0 Å². The molecule has 0 aliphatic heterocycles. The molecule has 0 N–H and O–H groups in total. The molecule has 4 rings (SSSR count). The fourth-order valence-electron chi connectivity index (χ4n) is 2.92. The smallest absolute Gasteiger partial charge is 0.349 e. The van der Waals surface area contributed by atoms with Crippen LogP contribution in [0.25, 0.3) is 21.4 Å². The van der Waals surface area contributed by atoms with Gasteiger partial charge in [-0.2, -0.15) is 0 Å². The van der Waals surface area contributed by atoms with Gasteiger partial charge in [0.05, 0.1) is 12.8 Å². The second-order valence-electron chi connectivity index (χ2n) is 6.02. The van der Waals surface area contributed by atoms with E-state index in [1.54, 1.807) is 18.3 Å². The molecule has 0 amide bonds. The molecule has 0 fully saturated rings. The number of ether oxygens (including phenoxy) is 2. The van der Waals surface area contributed by atoms with E-state index in [1.165, 1.54) is 24.5 Å². The van der Waals surface area contributed by atoms with Crippen LogP contribution in [0.1, 0.15) is 21.1 Å². The molecule has 5 nitrogen and oxygen atoms in total. The molecule has 0 saturated carbocycles. The number of nitrogens with zero attached hydrogens (tertiary/aromatic N) is 1. The van der Waals surface area contributed by atoms with Crippen molar-refractivity contribution in [3.8, 4) is 11.3 Å². The van der Waals surface area contributed by atoms with Gasteiger partial charge >= 0.3 is 5.97 Å². The summed E-state index contributed by atoms with van der Waals surface area (Å²) in [5, 5.41) is 0.392. The number of methoxy groups -OCH3 is 1. The summed E-state index contributed by atoms with van der Waals surface area (Å²) >= 11 is 1.18. The monoisotopic (exact) mass is 397 g/mol. The second kappa shape index (κ2) is 7.92. The zero-order valence-corrected chi connectivity index (χ0v) is 15.8. The highest BCUT2D eigenvalue weighted by molar-refractivity contribution is 7.21. The van der Waals surface area contributed by atoms with Gasteiger partial charge in [0.2, 0.25) is 5.89 Å². The molecule has 0 radical (unpaired) electrons. The SMILES string of the molecule is COCc1c(C(=O)OCc2ncc(-c3ccccc3)o2)sc2cccc(F)c12. The molecule has 2 aromatic carbocycles. The van der Waals surface area contributed by atoms with Gasteiger partial charge in [-0.15, -0.1) is 11.3 Å². The van der Waals surface area contributed by atoms with Gasteiger partial charge in [0.15, 0.2) is 12.4 Å². The van der Waals surface area contributed by atoms with E-state index in [4.69, 9.17) is 13.9 Å². The Kier molecular flexibility index (Phi) is 5.18. The van der Waals surface area contributed by atoms with Crippen LogP contribution in [0, 0.1) is 5.82 Å². The maximum Gasteiger partial charge on any atom is 0.349 e. The predicted molar refractivity (Wildman–Crippen MR) is 104 cm³/mol. The predicted octanol–water partition coefficient (Wildman–Crippen LogP) is 5.20. The molecule has 2 heterocycles. The highest BCUT2D eigenvalue weighted by Gasteiger charge is 2.22. The molecular weight excluding hydrogens is 381 g/mol. The first kappa shape index (κ1) is 18.3. The lowest BCUT2D eigenvalue weighted by molar-refractivity contribution is 0.0441. The summed E-state index contributed by atoms with van der Waals surface area (Å²) in [6.07, 6.45) is 1.59. The second-order valence-corrected chi connectivity index (χ2v) is 7.07. The number of hydrogen-bond donors (Lipinski definition) is 0. The van der Waals surface area contributed by atoms with Gasteiger partial charge in [-0.05, 0) is 12.1 Å². The lowest BCUT2D eigenvalue weighted by atomic mass is 10.1. The number of aromatic nitrogens is 1. The average Bonchev–Trinajstić information content (AvgIpc) is 3.33. The molecule has 0 bridgehead atoms. The summed E-state index contributed by atoms with van der Waals surface area (Å²) in [5.41, 5.74) is 1.37. The van der Waals surface area contributed by atoms with Crippen LogP contribution < -0.4 is 0 Å². The minimum atomic E-state index is -0.563. The molecule has 7 heteroatoms. The third-order valence-electron chi connectivity index (χ3n) is 4.18. The van der Waals surface area contributed by atoms with Crippen molar-refractivity contribution in [3.63, 3.8) is 0 Å². The van der Waals surface area contributed by atoms with Crippen molar-refractivity contribution >= 4 is 27.4 Å². The third-order valence-corrected chi connectivity index (χ3v) is 5.35. The number of rotatable bonds is 6. The average molecular weight is 397 g/mol. The normalized spacial score (nSPS) is 11.1. The number of esters is 1. The van der Waals surface area contributed by atoms with Gasteiger partial charge in [0.1, 0.15) is 10.7 Å². The lowest BCUT2D eigenvalue weighted by Gasteiger charge is -2.04. The fourth-order valence-corrected chi connectivity index (χ4v) is 4.04. The van der Waals surface area contributed by atoms with E-state index in [0.717, 1.165) is 5.56 Å². The quantitative estimate of drug-likeness (QED) is 0.419. The Morgan fingerprint density at radius 2 is 1.96 bits per heavy atom. The Hall–Kier alpha value is -3.03. The van der Waals surface area contributed by atoms with Crippen molar-refractivity contribution in [3.05, 3.63) is 76.9 Å². The van der Waals surface area contributed by atoms with Crippen LogP contribution in [-0.4, -0.2) is 18.1 Å². The molecule has 0 spiro atoms. The molecule has 0 atom stereocenters. The Balaban J connectivity index is 1.54. The van der Waals surface area contributed by atoms with Crippen molar-refractivity contribution in [1.29, 1.82) is 0 Å². The number of hydrogen-bond acceptors (Lipinski definition) is 6. The standard InChI is InChI=1S/C21H16FNO4S/c1-25-11-14-19-15(22)8-5-9-17(19)28-20(14)21(24)26-12-18-23-10-16(27-18)13-6-3-2-4-7-13/h2-10H,11-12H2,1H3. The Morgan fingerprint density at radius 1 is 1.14 bits per heavy atom. The minimum absolute atomic E-state index is 0.114. The van der Waals surface area contributed by atoms with Gasteiger partial charge in [-0.1, -0.05) is 36.4 Å². The van der Waals surface area contributed by atoms with E-state index in [1.807, 2.05) is 30.3 Å². The number of carbonyl (C=O) groups is 1. The first-order valence-corrected chi connectivity index (χ1v) is 9.35. The first-order valence-electron chi connectivity index (χ1n) is 8.53. The van der Waals surface area contributed by atoms with E-state index in [2.05, 4.69) is 4.98 Å². The van der Waals surface area contributed by atoms with Crippen LogP contribution in [0.4, 0.5) is 4.39 Å². The molecule has 4 aromatic rings. The largest absolute Gasteiger partial charge is 0.451 e. The maximum absolute atomic E-state index is 14.2. The molecule has 142 valence electrons. The van der Waals surface area contributed by atoms with Gasteiger partial charge in [0.25, 0.3) is 0 Å². The molecule has 0 saturated heterocycles. The van der Waals surface area contributed by atoms with Crippen molar-refractivity contribution in [2.75, 3.05) is 7.11 Å². The van der Waals surface area contributed by atoms with Crippen LogP contribution in [0.3, 0.4) is 0 Å². The van der Waals surface area contributed by atoms with Crippen LogP contribution in [0.15, 0.2) is 59.1 Å². The summed E-state index contributed by atoms with van der Waals surface area (Å²) in [4.78, 5) is 17.1. The molecule has 28 heavy (non-hydrogen) atoms. The van der Waals surface area contributed by atoms with Crippen LogP contribution in [0.2, 0.25) is 0 Å². The zero-order chi connectivity index (χ0) is 19.5. The number of benzene rings is 2. The van der Waals surface area contributed by atoms with Gasteiger partial charge in [0, 0.05) is 28.3 Å². The summed E-state index contributed by atoms with van der Waals surface area (Å²) in [7, 11) is 1.50. The van der Waals surface area contributed by atoms with E-state index >= 15 is 0 Å². The van der Waals surface area contributed by atoms with Crippen molar-refractivity contribution in [2.45, 2.75) is 13.2 Å². The van der Waals surface area contributed by atoms with E-state index in [-0.39, 0.29) is 24.9 Å². The molecule has 0 aliphatic rings. The van der Waals surface area contributed by atoms with E-state index < -0.39 is 5.97 Å². The number of oxazole rings is 1. The fraction of sp³-hybridized carbons (Fsp3) is 0.143. The minimum Gasteiger partial charge on any atom is -0.451 e. The molecule has 0 aliphatic carbocycles. The van der Waals surface area contributed by atoms with Crippen LogP contribution in [-0.2, 0) is 22.7 Å². The maximum atomic E-state index is 14.2.